The zero-order chi connectivity index (χ0) is 20.6. The summed E-state index contributed by atoms with van der Waals surface area (Å²) in [4.78, 5) is 25.2. The van der Waals surface area contributed by atoms with E-state index in [0.717, 1.165) is 18.5 Å². The standard InChI is InChI=1S/C24H29NO4/c1-2-3-4-5-6-18-7-11-20(12-8-18)25-21(13-16-23(25)26)17-29-22-14-9-19(10-15-22)24(27)28/h7-12,14-15,21H,2-6,13,16-17H2,1H3,(H,27,28)/t21-/m1/s1. The predicted molar refractivity (Wildman–Crippen MR) is 114 cm³/mol. The topological polar surface area (TPSA) is 66.8 Å². The second-order valence-electron chi connectivity index (χ2n) is 7.57. The van der Waals surface area contributed by atoms with E-state index < -0.39 is 5.97 Å². The third-order valence-electron chi connectivity index (χ3n) is 5.40. The molecular formula is C24H29NO4. The summed E-state index contributed by atoms with van der Waals surface area (Å²) in [6.45, 7) is 2.60. The molecule has 0 saturated carbocycles. The van der Waals surface area contributed by atoms with E-state index in [4.69, 9.17) is 9.84 Å². The summed E-state index contributed by atoms with van der Waals surface area (Å²) >= 11 is 0. The highest BCUT2D eigenvalue weighted by atomic mass is 16.5. The number of hydrogen-bond acceptors (Lipinski definition) is 3. The van der Waals surface area contributed by atoms with E-state index in [9.17, 15) is 9.59 Å². The quantitative estimate of drug-likeness (QED) is 0.570. The smallest absolute Gasteiger partial charge is 0.335 e. The third-order valence-corrected chi connectivity index (χ3v) is 5.40. The molecule has 1 N–H and O–H groups in total. The number of benzene rings is 2. The lowest BCUT2D eigenvalue weighted by Crippen LogP contribution is -2.37. The van der Waals surface area contributed by atoms with Crippen molar-refractivity contribution >= 4 is 17.6 Å². The number of aryl methyl sites for hydroxylation is 1. The first kappa shape index (κ1) is 20.9. The van der Waals surface area contributed by atoms with E-state index >= 15 is 0 Å². The number of unbranched alkanes of at least 4 members (excludes halogenated alkanes) is 3. The lowest BCUT2D eigenvalue weighted by Gasteiger charge is -2.25. The van der Waals surface area contributed by atoms with E-state index in [2.05, 4.69) is 19.1 Å². The van der Waals surface area contributed by atoms with Gasteiger partial charge in [0, 0.05) is 12.1 Å². The summed E-state index contributed by atoms with van der Waals surface area (Å²) in [7, 11) is 0. The van der Waals surface area contributed by atoms with Crippen LogP contribution in [0.1, 0.15) is 61.4 Å². The summed E-state index contributed by atoms with van der Waals surface area (Å²) in [6, 6.07) is 14.6. The molecule has 0 unspecified atom stereocenters. The van der Waals surface area contributed by atoms with E-state index in [1.807, 2.05) is 17.0 Å². The second kappa shape index (κ2) is 10.1. The lowest BCUT2D eigenvalue weighted by molar-refractivity contribution is -0.117. The van der Waals surface area contributed by atoms with Crippen molar-refractivity contribution in [3.63, 3.8) is 0 Å². The minimum absolute atomic E-state index is 0.0166. The minimum atomic E-state index is -0.960. The predicted octanol–water partition coefficient (Wildman–Crippen LogP) is 5.08. The number of carbonyl (C=O) groups is 2. The molecule has 3 rings (SSSR count). The molecule has 1 aliphatic rings. The molecular weight excluding hydrogens is 366 g/mol. The Balaban J connectivity index is 1.59. The van der Waals surface area contributed by atoms with Gasteiger partial charge in [0.25, 0.3) is 0 Å². The van der Waals surface area contributed by atoms with Crippen molar-refractivity contribution in [1.82, 2.24) is 0 Å². The highest BCUT2D eigenvalue weighted by molar-refractivity contribution is 5.96. The average molecular weight is 395 g/mol. The Morgan fingerprint density at radius 2 is 1.79 bits per heavy atom. The van der Waals surface area contributed by atoms with E-state index in [1.54, 1.807) is 12.1 Å². The molecule has 0 radical (unpaired) electrons. The van der Waals surface area contributed by atoms with Gasteiger partial charge in [-0.1, -0.05) is 38.3 Å². The Morgan fingerprint density at radius 3 is 2.45 bits per heavy atom. The molecule has 1 amide bonds. The van der Waals surface area contributed by atoms with Gasteiger partial charge in [-0.15, -0.1) is 0 Å². The molecule has 0 aliphatic carbocycles. The van der Waals surface area contributed by atoms with Gasteiger partial charge in [-0.25, -0.2) is 4.79 Å². The Hall–Kier alpha value is -2.82. The second-order valence-corrected chi connectivity index (χ2v) is 7.57. The minimum Gasteiger partial charge on any atom is -0.491 e. The summed E-state index contributed by atoms with van der Waals surface area (Å²) in [5.41, 5.74) is 2.45. The number of carbonyl (C=O) groups excluding carboxylic acids is 1. The molecule has 2 aromatic carbocycles. The van der Waals surface area contributed by atoms with Crippen molar-refractivity contribution in [1.29, 1.82) is 0 Å². The van der Waals surface area contributed by atoms with Crippen LogP contribution in [0.3, 0.4) is 0 Å². The Labute approximate surface area is 172 Å². The van der Waals surface area contributed by atoms with Gasteiger partial charge in [0.15, 0.2) is 0 Å². The van der Waals surface area contributed by atoms with Crippen LogP contribution in [-0.4, -0.2) is 29.6 Å². The summed E-state index contributed by atoms with van der Waals surface area (Å²) < 4.78 is 5.84. The number of amides is 1. The van der Waals surface area contributed by atoms with Crippen LogP contribution in [0.2, 0.25) is 0 Å². The molecule has 1 aliphatic heterocycles. The Morgan fingerprint density at radius 1 is 1.07 bits per heavy atom. The number of nitrogens with zero attached hydrogens (tertiary/aromatic N) is 1. The van der Waals surface area contributed by atoms with Gasteiger partial charge in [-0.3, -0.25) is 4.79 Å². The number of anilines is 1. The first-order chi connectivity index (χ1) is 14.1. The zero-order valence-electron chi connectivity index (χ0n) is 17.0. The molecule has 2 aromatic rings. The molecule has 1 atom stereocenters. The van der Waals surface area contributed by atoms with Gasteiger partial charge in [-0.2, -0.15) is 0 Å². The molecule has 1 saturated heterocycles. The van der Waals surface area contributed by atoms with Crippen molar-refractivity contribution in [3.05, 3.63) is 59.7 Å². The number of ether oxygens (including phenoxy) is 1. The fraction of sp³-hybridized carbons (Fsp3) is 0.417. The number of hydrogen-bond donors (Lipinski definition) is 1. The average Bonchev–Trinajstić information content (AvgIpc) is 3.11. The fourth-order valence-electron chi connectivity index (χ4n) is 3.72. The van der Waals surface area contributed by atoms with Crippen LogP contribution >= 0.6 is 0 Å². The van der Waals surface area contributed by atoms with Crippen molar-refractivity contribution in [2.24, 2.45) is 0 Å². The van der Waals surface area contributed by atoms with Gasteiger partial charge >= 0.3 is 5.97 Å². The van der Waals surface area contributed by atoms with Crippen molar-refractivity contribution in [3.8, 4) is 5.75 Å². The highest BCUT2D eigenvalue weighted by Crippen LogP contribution is 2.28. The highest BCUT2D eigenvalue weighted by Gasteiger charge is 2.32. The number of carboxylic acid groups (broad SMARTS) is 1. The molecule has 0 bridgehead atoms. The van der Waals surface area contributed by atoms with Gasteiger partial charge in [0.2, 0.25) is 5.91 Å². The van der Waals surface area contributed by atoms with Crippen molar-refractivity contribution in [2.75, 3.05) is 11.5 Å². The van der Waals surface area contributed by atoms with Gasteiger partial charge in [0.1, 0.15) is 12.4 Å². The van der Waals surface area contributed by atoms with Crippen LogP contribution in [0.4, 0.5) is 5.69 Å². The lowest BCUT2D eigenvalue weighted by atomic mass is 10.1. The molecule has 1 heterocycles. The fourth-order valence-corrected chi connectivity index (χ4v) is 3.72. The van der Waals surface area contributed by atoms with E-state index in [0.29, 0.717) is 18.8 Å². The molecule has 5 heteroatoms. The number of carboxylic acids is 1. The van der Waals surface area contributed by atoms with Crippen molar-refractivity contribution in [2.45, 2.75) is 57.9 Å². The number of rotatable bonds is 10. The van der Waals surface area contributed by atoms with Gasteiger partial charge in [-0.05, 0) is 61.2 Å². The van der Waals surface area contributed by atoms with Crippen molar-refractivity contribution < 1.29 is 19.4 Å². The monoisotopic (exact) mass is 395 g/mol. The van der Waals surface area contributed by atoms with Crippen LogP contribution in [0, 0.1) is 0 Å². The molecule has 0 aromatic heterocycles. The van der Waals surface area contributed by atoms with E-state index in [-0.39, 0.29) is 17.5 Å². The molecule has 29 heavy (non-hydrogen) atoms. The Bertz CT molecular complexity index is 814. The largest absolute Gasteiger partial charge is 0.491 e. The van der Waals surface area contributed by atoms with Crippen LogP contribution < -0.4 is 9.64 Å². The molecule has 5 nitrogen and oxygen atoms in total. The first-order valence-electron chi connectivity index (χ1n) is 10.5. The van der Waals surface area contributed by atoms with Crippen LogP contribution in [-0.2, 0) is 11.2 Å². The normalized spacial score (nSPS) is 16.2. The van der Waals surface area contributed by atoms with Crippen LogP contribution in [0.15, 0.2) is 48.5 Å². The van der Waals surface area contributed by atoms with Gasteiger partial charge < -0.3 is 14.7 Å². The SMILES string of the molecule is CCCCCCc1ccc(N2C(=O)CC[C@@H]2COc2ccc(C(=O)O)cc2)cc1. The molecule has 1 fully saturated rings. The zero-order valence-corrected chi connectivity index (χ0v) is 17.0. The van der Waals surface area contributed by atoms with Crippen LogP contribution in [0.5, 0.6) is 5.75 Å². The maximum atomic E-state index is 12.5. The van der Waals surface area contributed by atoms with E-state index in [1.165, 1.54) is 43.4 Å². The summed E-state index contributed by atoms with van der Waals surface area (Å²) in [5, 5.41) is 8.97. The maximum absolute atomic E-state index is 12.5. The van der Waals surface area contributed by atoms with Crippen LogP contribution in [0.25, 0.3) is 0 Å². The third kappa shape index (κ3) is 5.59. The maximum Gasteiger partial charge on any atom is 0.335 e. The summed E-state index contributed by atoms with van der Waals surface area (Å²) in [5.74, 6) is -0.231. The molecule has 154 valence electrons. The first-order valence-corrected chi connectivity index (χ1v) is 10.5. The molecule has 0 spiro atoms. The number of aromatic carboxylic acids is 1. The Kier molecular flexibility index (Phi) is 7.28. The van der Waals surface area contributed by atoms with Gasteiger partial charge in [0.05, 0.1) is 11.6 Å². The summed E-state index contributed by atoms with van der Waals surface area (Å²) in [6.07, 6.45) is 7.33.